The Kier molecular flexibility index (Phi) is 3.46. The first kappa shape index (κ1) is 15.1. The SMILES string of the molecule is NC1CN(c2ccc3ncc(NCc4ccc5cc[nH]c5c4)nc3n2)C1. The highest BCUT2D eigenvalue weighted by Gasteiger charge is 2.24. The molecule has 5 rings (SSSR count). The zero-order valence-corrected chi connectivity index (χ0v) is 14.2. The number of aromatic amines is 1. The Hall–Kier alpha value is -3.19. The van der Waals surface area contributed by atoms with E-state index in [9.17, 15) is 0 Å². The molecule has 0 atom stereocenters. The van der Waals surface area contributed by atoms with Crippen LogP contribution in [0.1, 0.15) is 5.56 Å². The molecule has 0 saturated carbocycles. The van der Waals surface area contributed by atoms with Gasteiger partial charge in [-0.1, -0.05) is 12.1 Å². The van der Waals surface area contributed by atoms with Crippen LogP contribution in [0.3, 0.4) is 0 Å². The maximum atomic E-state index is 5.86. The number of anilines is 2. The molecule has 7 heteroatoms. The topological polar surface area (TPSA) is 95.8 Å². The second kappa shape index (κ2) is 5.96. The molecule has 0 radical (unpaired) electrons. The average molecular weight is 345 g/mol. The standard InChI is InChI=1S/C19H19N7/c20-14-10-26(11-14)18-4-3-15-19(25-18)24-17(9-22-15)23-8-12-1-2-13-5-6-21-16(13)7-12/h1-7,9,14,21H,8,10-11,20H2,(H,23,24,25). The molecule has 4 N–H and O–H groups in total. The molecule has 26 heavy (non-hydrogen) atoms. The van der Waals surface area contributed by atoms with Crippen LogP contribution in [0, 0.1) is 0 Å². The number of hydrogen-bond acceptors (Lipinski definition) is 6. The lowest BCUT2D eigenvalue weighted by Crippen LogP contribution is -2.56. The molecule has 0 spiro atoms. The van der Waals surface area contributed by atoms with E-state index < -0.39 is 0 Å². The molecule has 7 nitrogen and oxygen atoms in total. The Morgan fingerprint density at radius 1 is 1.15 bits per heavy atom. The molecule has 0 aliphatic carbocycles. The van der Waals surface area contributed by atoms with Crippen LogP contribution in [-0.2, 0) is 6.54 Å². The zero-order chi connectivity index (χ0) is 17.5. The summed E-state index contributed by atoms with van der Waals surface area (Å²) in [6.45, 7) is 2.35. The molecule has 0 unspecified atom stereocenters. The van der Waals surface area contributed by atoms with Gasteiger partial charge in [0.2, 0.25) is 0 Å². The van der Waals surface area contributed by atoms with E-state index in [1.54, 1.807) is 6.20 Å². The first-order chi connectivity index (χ1) is 12.7. The first-order valence-corrected chi connectivity index (χ1v) is 8.69. The van der Waals surface area contributed by atoms with Crippen LogP contribution in [-0.4, -0.2) is 39.1 Å². The van der Waals surface area contributed by atoms with Crippen LogP contribution in [0.5, 0.6) is 0 Å². The van der Waals surface area contributed by atoms with Gasteiger partial charge in [0.05, 0.1) is 6.20 Å². The quantitative estimate of drug-likeness (QED) is 0.525. The fraction of sp³-hybridized carbons (Fsp3) is 0.211. The molecule has 0 bridgehead atoms. The molecular weight excluding hydrogens is 326 g/mol. The van der Waals surface area contributed by atoms with Crippen LogP contribution in [0.2, 0.25) is 0 Å². The van der Waals surface area contributed by atoms with Crippen molar-refractivity contribution in [1.82, 2.24) is 19.9 Å². The predicted molar refractivity (Wildman–Crippen MR) is 103 cm³/mol. The minimum atomic E-state index is 0.239. The Balaban J connectivity index is 1.36. The number of pyridine rings is 1. The summed E-state index contributed by atoms with van der Waals surface area (Å²) in [5, 5.41) is 4.54. The first-order valence-electron chi connectivity index (χ1n) is 8.69. The maximum Gasteiger partial charge on any atom is 0.182 e. The third-order valence-corrected chi connectivity index (χ3v) is 4.72. The van der Waals surface area contributed by atoms with Crippen molar-refractivity contribution in [2.24, 2.45) is 5.73 Å². The third kappa shape index (κ3) is 2.72. The molecule has 1 aliphatic rings. The van der Waals surface area contributed by atoms with Gasteiger partial charge in [-0.15, -0.1) is 0 Å². The van der Waals surface area contributed by atoms with Crippen molar-refractivity contribution in [3.8, 4) is 0 Å². The van der Waals surface area contributed by atoms with Gasteiger partial charge >= 0.3 is 0 Å². The maximum absolute atomic E-state index is 5.86. The highest BCUT2D eigenvalue weighted by molar-refractivity contribution is 5.80. The number of hydrogen-bond donors (Lipinski definition) is 3. The Bertz CT molecular complexity index is 1080. The van der Waals surface area contributed by atoms with Gasteiger partial charge < -0.3 is 20.9 Å². The van der Waals surface area contributed by atoms with Crippen LogP contribution < -0.4 is 16.0 Å². The lowest BCUT2D eigenvalue weighted by molar-refractivity contribution is 0.515. The molecular formula is C19H19N7. The summed E-state index contributed by atoms with van der Waals surface area (Å²) >= 11 is 0. The van der Waals surface area contributed by atoms with E-state index in [0.29, 0.717) is 18.0 Å². The van der Waals surface area contributed by atoms with Crippen molar-refractivity contribution in [2.75, 3.05) is 23.3 Å². The Morgan fingerprint density at radius 3 is 2.96 bits per heavy atom. The normalized spacial score (nSPS) is 14.7. The predicted octanol–water partition coefficient (Wildman–Crippen LogP) is 2.27. The lowest BCUT2D eigenvalue weighted by atomic mass is 10.1. The Labute approximate surface area is 150 Å². The minimum absolute atomic E-state index is 0.239. The molecule has 3 aromatic heterocycles. The second-order valence-corrected chi connectivity index (χ2v) is 6.69. The molecule has 4 aromatic rings. The smallest absolute Gasteiger partial charge is 0.182 e. The summed E-state index contributed by atoms with van der Waals surface area (Å²) in [4.78, 5) is 19.1. The number of rotatable bonds is 4. The lowest BCUT2D eigenvalue weighted by Gasteiger charge is -2.37. The summed E-state index contributed by atoms with van der Waals surface area (Å²) in [5.41, 5.74) is 9.60. The summed E-state index contributed by atoms with van der Waals surface area (Å²) in [5.74, 6) is 1.62. The van der Waals surface area contributed by atoms with E-state index >= 15 is 0 Å². The van der Waals surface area contributed by atoms with Crippen LogP contribution in [0.25, 0.3) is 22.1 Å². The largest absolute Gasteiger partial charge is 0.365 e. The van der Waals surface area contributed by atoms with E-state index in [-0.39, 0.29) is 6.04 Å². The number of fused-ring (bicyclic) bond motifs is 2. The summed E-state index contributed by atoms with van der Waals surface area (Å²) < 4.78 is 0. The minimum Gasteiger partial charge on any atom is -0.365 e. The molecule has 1 aromatic carbocycles. The highest BCUT2D eigenvalue weighted by Crippen LogP contribution is 2.21. The van der Waals surface area contributed by atoms with E-state index in [2.05, 4.69) is 54.4 Å². The summed E-state index contributed by atoms with van der Waals surface area (Å²) in [7, 11) is 0. The summed E-state index contributed by atoms with van der Waals surface area (Å²) in [6.07, 6.45) is 3.70. The van der Waals surface area contributed by atoms with E-state index in [4.69, 9.17) is 5.73 Å². The van der Waals surface area contributed by atoms with E-state index in [1.807, 2.05) is 18.3 Å². The fourth-order valence-electron chi connectivity index (χ4n) is 3.25. The number of nitrogens with one attached hydrogen (secondary N) is 2. The van der Waals surface area contributed by atoms with Crippen molar-refractivity contribution in [1.29, 1.82) is 0 Å². The second-order valence-electron chi connectivity index (χ2n) is 6.69. The fourth-order valence-corrected chi connectivity index (χ4v) is 3.25. The summed E-state index contributed by atoms with van der Waals surface area (Å²) in [6, 6.07) is 12.6. The molecule has 130 valence electrons. The van der Waals surface area contributed by atoms with Gasteiger partial charge in [0.15, 0.2) is 5.65 Å². The zero-order valence-electron chi connectivity index (χ0n) is 14.2. The molecule has 1 fully saturated rings. The van der Waals surface area contributed by atoms with Gasteiger partial charge in [0, 0.05) is 37.4 Å². The van der Waals surface area contributed by atoms with Crippen molar-refractivity contribution >= 4 is 33.7 Å². The third-order valence-electron chi connectivity index (χ3n) is 4.72. The molecule has 1 saturated heterocycles. The van der Waals surface area contributed by atoms with Gasteiger partial charge in [-0.05, 0) is 35.2 Å². The number of benzene rings is 1. The van der Waals surface area contributed by atoms with Gasteiger partial charge in [0.1, 0.15) is 17.2 Å². The Morgan fingerprint density at radius 2 is 2.08 bits per heavy atom. The van der Waals surface area contributed by atoms with Gasteiger partial charge in [-0.25, -0.2) is 15.0 Å². The molecule has 4 heterocycles. The van der Waals surface area contributed by atoms with Crippen molar-refractivity contribution in [3.63, 3.8) is 0 Å². The average Bonchev–Trinajstić information content (AvgIpc) is 3.11. The van der Waals surface area contributed by atoms with Crippen LogP contribution in [0.4, 0.5) is 11.6 Å². The van der Waals surface area contributed by atoms with E-state index in [1.165, 1.54) is 10.9 Å². The molecule has 1 aliphatic heterocycles. The van der Waals surface area contributed by atoms with Crippen molar-refractivity contribution in [2.45, 2.75) is 12.6 Å². The van der Waals surface area contributed by atoms with Gasteiger partial charge in [-0.3, -0.25) is 0 Å². The van der Waals surface area contributed by atoms with Crippen molar-refractivity contribution in [3.05, 3.63) is 54.4 Å². The van der Waals surface area contributed by atoms with Crippen LogP contribution in [0.15, 0.2) is 48.8 Å². The highest BCUT2D eigenvalue weighted by atomic mass is 15.3. The number of nitrogens with two attached hydrogens (primary N) is 1. The van der Waals surface area contributed by atoms with E-state index in [0.717, 1.165) is 29.9 Å². The van der Waals surface area contributed by atoms with Gasteiger partial charge in [0.25, 0.3) is 0 Å². The van der Waals surface area contributed by atoms with Gasteiger partial charge in [-0.2, -0.15) is 0 Å². The number of aromatic nitrogens is 4. The van der Waals surface area contributed by atoms with Crippen molar-refractivity contribution < 1.29 is 0 Å². The number of nitrogens with zero attached hydrogens (tertiary/aromatic N) is 4. The number of H-pyrrole nitrogens is 1. The van der Waals surface area contributed by atoms with Crippen LogP contribution >= 0.6 is 0 Å². The monoisotopic (exact) mass is 345 g/mol. The molecule has 0 amide bonds.